The van der Waals surface area contributed by atoms with Gasteiger partial charge in [0.15, 0.2) is 9.84 Å². The first-order valence-electron chi connectivity index (χ1n) is 5.44. The zero-order valence-electron chi connectivity index (χ0n) is 9.27. The van der Waals surface area contributed by atoms with Crippen LogP contribution in [-0.4, -0.2) is 24.9 Å². The Morgan fingerprint density at radius 3 is 2.75 bits per heavy atom. The minimum Gasteiger partial charge on any atom is -0.326 e. The molecule has 90 valence electrons. The summed E-state index contributed by atoms with van der Waals surface area (Å²) in [5, 5.41) is 0.957. The Balaban J connectivity index is 2.25. The van der Waals surface area contributed by atoms with Crippen LogP contribution in [0, 0.1) is 0 Å². The highest BCUT2D eigenvalue weighted by Crippen LogP contribution is 2.33. The lowest BCUT2D eigenvalue weighted by molar-refractivity contribution is 0.601. The average molecular weight is 260 g/mol. The van der Waals surface area contributed by atoms with Crippen molar-refractivity contribution < 1.29 is 8.42 Å². The van der Waals surface area contributed by atoms with E-state index in [1.807, 2.05) is 6.92 Å². The Morgan fingerprint density at radius 2 is 2.31 bits per heavy atom. The molecule has 0 aliphatic carbocycles. The molecule has 2 N–H and O–H groups in total. The van der Waals surface area contributed by atoms with Crippen LogP contribution in [0.15, 0.2) is 0 Å². The zero-order chi connectivity index (χ0) is 11.8. The predicted molar refractivity (Wildman–Crippen MR) is 65.4 cm³/mol. The fourth-order valence-corrected chi connectivity index (χ4v) is 5.02. The van der Waals surface area contributed by atoms with Crippen LogP contribution >= 0.6 is 11.3 Å². The van der Waals surface area contributed by atoms with Gasteiger partial charge in [-0.3, -0.25) is 0 Å². The van der Waals surface area contributed by atoms with Crippen molar-refractivity contribution in [2.45, 2.75) is 32.2 Å². The first kappa shape index (κ1) is 12.0. The zero-order valence-corrected chi connectivity index (χ0v) is 10.9. The Morgan fingerprint density at radius 1 is 1.56 bits per heavy atom. The molecular weight excluding hydrogens is 244 g/mol. The van der Waals surface area contributed by atoms with E-state index in [0.717, 1.165) is 22.0 Å². The fourth-order valence-electron chi connectivity index (χ4n) is 2.00. The van der Waals surface area contributed by atoms with Gasteiger partial charge in [-0.2, -0.15) is 0 Å². The van der Waals surface area contributed by atoms with Gasteiger partial charge in [-0.15, -0.1) is 11.3 Å². The highest BCUT2D eigenvalue weighted by Gasteiger charge is 2.31. The van der Waals surface area contributed by atoms with Crippen molar-refractivity contribution in [1.82, 2.24) is 4.98 Å². The highest BCUT2D eigenvalue weighted by atomic mass is 32.2. The van der Waals surface area contributed by atoms with E-state index in [0.29, 0.717) is 18.7 Å². The van der Waals surface area contributed by atoms with E-state index in [1.165, 1.54) is 0 Å². The Labute approximate surface area is 99.8 Å². The maximum Gasteiger partial charge on any atom is 0.151 e. The number of nitrogens with two attached hydrogens (primary N) is 1. The SMILES string of the molecule is CCc1nc(C2CCS(=O)(=O)C2)sc1CN. The summed E-state index contributed by atoms with van der Waals surface area (Å²) in [6, 6.07) is 0. The maximum atomic E-state index is 11.4. The van der Waals surface area contributed by atoms with E-state index >= 15 is 0 Å². The van der Waals surface area contributed by atoms with Crippen molar-refractivity contribution >= 4 is 21.2 Å². The van der Waals surface area contributed by atoms with Crippen LogP contribution in [0.1, 0.15) is 34.8 Å². The second-order valence-electron chi connectivity index (χ2n) is 4.08. The maximum absolute atomic E-state index is 11.4. The van der Waals surface area contributed by atoms with Gasteiger partial charge in [-0.05, 0) is 12.8 Å². The predicted octanol–water partition coefficient (Wildman–Crippen LogP) is 1.07. The number of nitrogens with zero attached hydrogens (tertiary/aromatic N) is 1. The lowest BCUT2D eigenvalue weighted by atomic mass is 10.1. The van der Waals surface area contributed by atoms with Crippen LogP contribution in [0.5, 0.6) is 0 Å². The summed E-state index contributed by atoms with van der Waals surface area (Å²) in [6.07, 6.45) is 1.57. The van der Waals surface area contributed by atoms with Gasteiger partial charge in [0.1, 0.15) is 0 Å². The molecule has 0 bridgehead atoms. The van der Waals surface area contributed by atoms with Crippen molar-refractivity contribution in [3.05, 3.63) is 15.6 Å². The van der Waals surface area contributed by atoms with Crippen molar-refractivity contribution in [3.8, 4) is 0 Å². The number of aryl methyl sites for hydroxylation is 1. The molecule has 6 heteroatoms. The molecule has 1 unspecified atom stereocenters. The van der Waals surface area contributed by atoms with E-state index in [9.17, 15) is 8.42 Å². The third kappa shape index (κ3) is 2.28. The van der Waals surface area contributed by atoms with Gasteiger partial charge in [0, 0.05) is 17.3 Å². The Hall–Kier alpha value is -0.460. The molecular formula is C10H16N2O2S2. The van der Waals surface area contributed by atoms with Crippen LogP contribution < -0.4 is 5.73 Å². The van der Waals surface area contributed by atoms with Gasteiger partial charge in [-0.1, -0.05) is 6.92 Å². The van der Waals surface area contributed by atoms with E-state index in [1.54, 1.807) is 11.3 Å². The van der Waals surface area contributed by atoms with Gasteiger partial charge in [-0.25, -0.2) is 13.4 Å². The molecule has 1 saturated heterocycles. The van der Waals surface area contributed by atoms with Crippen molar-refractivity contribution in [2.24, 2.45) is 5.73 Å². The molecule has 0 amide bonds. The van der Waals surface area contributed by atoms with Crippen LogP contribution in [0.3, 0.4) is 0 Å². The van der Waals surface area contributed by atoms with E-state index < -0.39 is 9.84 Å². The molecule has 1 fully saturated rings. The lowest BCUT2D eigenvalue weighted by Crippen LogP contribution is -2.03. The minimum absolute atomic E-state index is 0.0978. The number of hydrogen-bond acceptors (Lipinski definition) is 5. The summed E-state index contributed by atoms with van der Waals surface area (Å²) in [4.78, 5) is 5.62. The standard InChI is InChI=1S/C10H16N2O2S2/c1-2-8-9(5-11)15-10(12-8)7-3-4-16(13,14)6-7/h7H,2-6,11H2,1H3. The summed E-state index contributed by atoms with van der Waals surface area (Å²) in [7, 11) is -2.83. The fraction of sp³-hybridized carbons (Fsp3) is 0.700. The Kier molecular flexibility index (Phi) is 3.32. The molecule has 0 spiro atoms. The normalized spacial score (nSPS) is 23.8. The van der Waals surface area contributed by atoms with Gasteiger partial charge >= 0.3 is 0 Å². The smallest absolute Gasteiger partial charge is 0.151 e. The Bertz CT molecular complexity index is 458. The minimum atomic E-state index is -2.83. The average Bonchev–Trinajstić information content (AvgIpc) is 2.80. The second-order valence-corrected chi connectivity index (χ2v) is 7.42. The summed E-state index contributed by atoms with van der Waals surface area (Å²) in [5.74, 6) is 0.658. The molecule has 0 saturated carbocycles. The van der Waals surface area contributed by atoms with Gasteiger partial charge in [0.2, 0.25) is 0 Å². The molecule has 0 aromatic carbocycles. The first-order valence-corrected chi connectivity index (χ1v) is 8.08. The number of aromatic nitrogens is 1. The summed E-state index contributed by atoms with van der Waals surface area (Å²) in [6.45, 7) is 2.55. The quantitative estimate of drug-likeness (QED) is 0.882. The molecule has 0 radical (unpaired) electrons. The molecule has 1 aliphatic rings. The van der Waals surface area contributed by atoms with Gasteiger partial charge in [0.25, 0.3) is 0 Å². The number of thiazole rings is 1. The second kappa shape index (κ2) is 4.43. The third-order valence-corrected chi connectivity index (χ3v) is 5.95. The van der Waals surface area contributed by atoms with E-state index in [2.05, 4.69) is 4.98 Å². The van der Waals surface area contributed by atoms with E-state index in [-0.39, 0.29) is 11.7 Å². The van der Waals surface area contributed by atoms with Crippen molar-refractivity contribution in [3.63, 3.8) is 0 Å². The third-order valence-electron chi connectivity index (χ3n) is 2.90. The van der Waals surface area contributed by atoms with Crippen LogP contribution in [0.4, 0.5) is 0 Å². The largest absolute Gasteiger partial charge is 0.326 e. The summed E-state index contributed by atoms with van der Waals surface area (Å²) < 4.78 is 22.8. The topological polar surface area (TPSA) is 73.0 Å². The van der Waals surface area contributed by atoms with Crippen LogP contribution in [0.25, 0.3) is 0 Å². The monoisotopic (exact) mass is 260 g/mol. The van der Waals surface area contributed by atoms with Crippen LogP contribution in [0.2, 0.25) is 0 Å². The number of hydrogen-bond donors (Lipinski definition) is 1. The van der Waals surface area contributed by atoms with Crippen LogP contribution in [-0.2, 0) is 22.8 Å². The summed E-state index contributed by atoms with van der Waals surface area (Å²) >= 11 is 1.58. The van der Waals surface area contributed by atoms with Gasteiger partial charge in [0.05, 0.1) is 22.2 Å². The molecule has 1 aromatic rings. The number of sulfone groups is 1. The molecule has 4 nitrogen and oxygen atoms in total. The van der Waals surface area contributed by atoms with Crippen molar-refractivity contribution in [1.29, 1.82) is 0 Å². The summed E-state index contributed by atoms with van der Waals surface area (Å²) in [5.41, 5.74) is 6.68. The van der Waals surface area contributed by atoms with Gasteiger partial charge < -0.3 is 5.73 Å². The molecule has 1 aromatic heterocycles. The molecule has 1 atom stereocenters. The van der Waals surface area contributed by atoms with E-state index in [4.69, 9.17) is 5.73 Å². The molecule has 16 heavy (non-hydrogen) atoms. The molecule has 1 aliphatic heterocycles. The molecule has 2 rings (SSSR count). The lowest BCUT2D eigenvalue weighted by Gasteiger charge is -2.00. The highest BCUT2D eigenvalue weighted by molar-refractivity contribution is 7.91. The first-order chi connectivity index (χ1) is 7.55. The van der Waals surface area contributed by atoms with Crippen molar-refractivity contribution in [2.75, 3.05) is 11.5 Å². The molecule has 2 heterocycles. The number of rotatable bonds is 3.